The van der Waals surface area contributed by atoms with E-state index in [0.717, 1.165) is 38.4 Å². The Morgan fingerprint density at radius 2 is 2.00 bits per heavy atom. The van der Waals surface area contributed by atoms with Gasteiger partial charge in [-0.2, -0.15) is 0 Å². The summed E-state index contributed by atoms with van der Waals surface area (Å²) in [5.74, 6) is 0.507. The van der Waals surface area contributed by atoms with Crippen molar-refractivity contribution >= 4 is 18.3 Å². The summed E-state index contributed by atoms with van der Waals surface area (Å²) in [7, 11) is 1.98. The van der Waals surface area contributed by atoms with Gasteiger partial charge in [0.15, 0.2) is 0 Å². The molecule has 1 aromatic carbocycles. The zero-order chi connectivity index (χ0) is 15.9. The Bertz CT molecular complexity index is 490. The van der Waals surface area contributed by atoms with Crippen LogP contribution < -0.4 is 5.32 Å². The standard InChI is InChI=1S/C18H27FN2O.ClH/c1-14(13-16-5-3-4-6-17(16)19)18(22)21-11-8-15(9-12-21)7-10-20-2;/h3-6,14-15,20H,7-13H2,1-2H3;1H. The van der Waals surface area contributed by atoms with Gasteiger partial charge in [0.2, 0.25) is 5.91 Å². The lowest BCUT2D eigenvalue weighted by Crippen LogP contribution is -2.42. The summed E-state index contributed by atoms with van der Waals surface area (Å²) in [5.41, 5.74) is 0.632. The van der Waals surface area contributed by atoms with Gasteiger partial charge in [-0.25, -0.2) is 4.39 Å². The summed E-state index contributed by atoms with van der Waals surface area (Å²) in [6.45, 7) is 4.63. The molecule has 1 saturated heterocycles. The molecular weight excluding hydrogens is 315 g/mol. The zero-order valence-corrected chi connectivity index (χ0v) is 14.9. The van der Waals surface area contributed by atoms with Gasteiger partial charge in [-0.1, -0.05) is 25.1 Å². The fourth-order valence-corrected chi connectivity index (χ4v) is 3.18. The third-order valence-electron chi connectivity index (χ3n) is 4.63. The van der Waals surface area contributed by atoms with Crippen LogP contribution in [0.1, 0.15) is 31.7 Å². The van der Waals surface area contributed by atoms with Crippen LogP contribution in [0.3, 0.4) is 0 Å². The number of hydrogen-bond donors (Lipinski definition) is 1. The molecule has 3 nitrogen and oxygen atoms in total. The summed E-state index contributed by atoms with van der Waals surface area (Å²) in [6, 6.07) is 6.73. The van der Waals surface area contributed by atoms with E-state index in [9.17, 15) is 9.18 Å². The van der Waals surface area contributed by atoms with E-state index in [1.807, 2.05) is 24.9 Å². The van der Waals surface area contributed by atoms with Crippen molar-refractivity contribution in [3.8, 4) is 0 Å². The van der Waals surface area contributed by atoms with Crippen LogP contribution in [0.25, 0.3) is 0 Å². The lowest BCUT2D eigenvalue weighted by Gasteiger charge is -2.33. The first kappa shape index (κ1) is 19.9. The van der Waals surface area contributed by atoms with E-state index in [4.69, 9.17) is 0 Å². The Morgan fingerprint density at radius 1 is 1.35 bits per heavy atom. The number of likely N-dealkylation sites (tertiary alicyclic amines) is 1. The molecule has 1 aliphatic rings. The average Bonchev–Trinajstić information content (AvgIpc) is 2.55. The molecule has 0 aromatic heterocycles. The van der Waals surface area contributed by atoms with Crippen LogP contribution in [0.5, 0.6) is 0 Å². The summed E-state index contributed by atoms with van der Waals surface area (Å²) < 4.78 is 13.7. The van der Waals surface area contributed by atoms with Gasteiger partial charge < -0.3 is 10.2 Å². The Morgan fingerprint density at radius 3 is 2.61 bits per heavy atom. The van der Waals surface area contributed by atoms with Gasteiger partial charge in [0.05, 0.1) is 0 Å². The third kappa shape index (κ3) is 5.78. The average molecular weight is 343 g/mol. The van der Waals surface area contributed by atoms with E-state index in [-0.39, 0.29) is 30.0 Å². The molecule has 0 radical (unpaired) electrons. The Labute approximate surface area is 145 Å². The van der Waals surface area contributed by atoms with Crippen molar-refractivity contribution < 1.29 is 9.18 Å². The second-order valence-corrected chi connectivity index (χ2v) is 6.36. The van der Waals surface area contributed by atoms with E-state index < -0.39 is 0 Å². The molecule has 1 atom stereocenters. The van der Waals surface area contributed by atoms with E-state index in [1.165, 1.54) is 12.5 Å². The van der Waals surface area contributed by atoms with Crippen molar-refractivity contribution in [2.45, 2.75) is 32.6 Å². The van der Waals surface area contributed by atoms with Crippen molar-refractivity contribution in [3.63, 3.8) is 0 Å². The van der Waals surface area contributed by atoms with E-state index in [1.54, 1.807) is 12.1 Å². The van der Waals surface area contributed by atoms with E-state index >= 15 is 0 Å². The highest BCUT2D eigenvalue weighted by Crippen LogP contribution is 2.22. The van der Waals surface area contributed by atoms with Crippen molar-refractivity contribution in [2.75, 3.05) is 26.7 Å². The molecule has 130 valence electrons. The molecule has 1 aromatic rings. The zero-order valence-electron chi connectivity index (χ0n) is 14.1. The van der Waals surface area contributed by atoms with Crippen LogP contribution in [0.4, 0.5) is 4.39 Å². The summed E-state index contributed by atoms with van der Waals surface area (Å²) in [6.07, 6.45) is 3.83. The molecular formula is C18H28ClFN2O. The largest absolute Gasteiger partial charge is 0.342 e. The van der Waals surface area contributed by atoms with Crippen molar-refractivity contribution in [1.29, 1.82) is 0 Å². The highest BCUT2D eigenvalue weighted by molar-refractivity contribution is 5.85. The minimum absolute atomic E-state index is 0. The molecule has 1 N–H and O–H groups in total. The van der Waals surface area contributed by atoms with Crippen LogP contribution in [-0.4, -0.2) is 37.5 Å². The third-order valence-corrected chi connectivity index (χ3v) is 4.63. The molecule has 5 heteroatoms. The van der Waals surface area contributed by atoms with Crippen LogP contribution in [-0.2, 0) is 11.2 Å². The first-order valence-electron chi connectivity index (χ1n) is 8.28. The van der Waals surface area contributed by atoms with Gasteiger partial charge in [-0.15, -0.1) is 12.4 Å². The second-order valence-electron chi connectivity index (χ2n) is 6.36. The van der Waals surface area contributed by atoms with Gasteiger partial charge in [-0.3, -0.25) is 4.79 Å². The number of carbonyl (C=O) groups excluding carboxylic acids is 1. The lowest BCUT2D eigenvalue weighted by molar-refractivity contribution is -0.136. The quantitative estimate of drug-likeness (QED) is 0.860. The van der Waals surface area contributed by atoms with Crippen LogP contribution in [0.15, 0.2) is 24.3 Å². The molecule has 0 spiro atoms. The highest BCUT2D eigenvalue weighted by Gasteiger charge is 2.26. The molecule has 1 fully saturated rings. The van der Waals surface area contributed by atoms with Gasteiger partial charge in [0.25, 0.3) is 0 Å². The number of carbonyl (C=O) groups is 1. The monoisotopic (exact) mass is 342 g/mol. The lowest BCUT2D eigenvalue weighted by atomic mass is 9.92. The van der Waals surface area contributed by atoms with Crippen molar-refractivity contribution in [1.82, 2.24) is 10.2 Å². The minimum atomic E-state index is -0.215. The number of nitrogens with one attached hydrogen (secondary N) is 1. The Hall–Kier alpha value is -1.13. The first-order valence-corrected chi connectivity index (χ1v) is 8.28. The van der Waals surface area contributed by atoms with Crippen LogP contribution >= 0.6 is 12.4 Å². The maximum atomic E-state index is 13.7. The Balaban J connectivity index is 0.00000264. The number of hydrogen-bond acceptors (Lipinski definition) is 2. The molecule has 1 amide bonds. The molecule has 0 bridgehead atoms. The Kier molecular flexibility index (Phi) is 8.56. The van der Waals surface area contributed by atoms with Crippen molar-refractivity contribution in [2.24, 2.45) is 11.8 Å². The summed E-state index contributed by atoms with van der Waals surface area (Å²) in [5, 5.41) is 3.18. The smallest absolute Gasteiger partial charge is 0.225 e. The van der Waals surface area contributed by atoms with Crippen LogP contribution in [0.2, 0.25) is 0 Å². The second kappa shape index (κ2) is 9.89. The molecule has 1 heterocycles. The maximum Gasteiger partial charge on any atom is 0.225 e. The van der Waals surface area contributed by atoms with Crippen LogP contribution in [0, 0.1) is 17.7 Å². The fraction of sp³-hybridized carbons (Fsp3) is 0.611. The molecule has 2 rings (SSSR count). The van der Waals surface area contributed by atoms with E-state index in [2.05, 4.69) is 5.32 Å². The highest BCUT2D eigenvalue weighted by atomic mass is 35.5. The molecule has 23 heavy (non-hydrogen) atoms. The molecule has 0 aliphatic carbocycles. The van der Waals surface area contributed by atoms with Gasteiger partial charge in [0, 0.05) is 19.0 Å². The number of halogens is 2. The molecule has 0 saturated carbocycles. The van der Waals surface area contributed by atoms with Gasteiger partial charge in [0.1, 0.15) is 5.82 Å². The number of rotatable bonds is 6. The molecule has 1 unspecified atom stereocenters. The SMILES string of the molecule is CNCCC1CCN(C(=O)C(C)Cc2ccccc2F)CC1.Cl. The predicted octanol–water partition coefficient (Wildman–Crippen LogP) is 3.27. The minimum Gasteiger partial charge on any atom is -0.342 e. The maximum absolute atomic E-state index is 13.7. The molecule has 1 aliphatic heterocycles. The normalized spacial score (nSPS) is 16.7. The van der Waals surface area contributed by atoms with Gasteiger partial charge >= 0.3 is 0 Å². The number of amides is 1. The number of nitrogens with zero attached hydrogens (tertiary/aromatic N) is 1. The number of benzene rings is 1. The number of piperidine rings is 1. The van der Waals surface area contributed by atoms with Gasteiger partial charge in [-0.05, 0) is 56.8 Å². The topological polar surface area (TPSA) is 32.3 Å². The summed E-state index contributed by atoms with van der Waals surface area (Å²) in [4.78, 5) is 14.5. The first-order chi connectivity index (χ1) is 10.6. The summed E-state index contributed by atoms with van der Waals surface area (Å²) >= 11 is 0. The van der Waals surface area contributed by atoms with E-state index in [0.29, 0.717) is 12.0 Å². The predicted molar refractivity (Wildman–Crippen MR) is 94.4 cm³/mol. The fourth-order valence-electron chi connectivity index (χ4n) is 3.18. The van der Waals surface area contributed by atoms with Crippen molar-refractivity contribution in [3.05, 3.63) is 35.6 Å².